The molecule has 0 unspecified atom stereocenters. The Hall–Kier alpha value is -2.82. The van der Waals surface area contributed by atoms with Gasteiger partial charge in [-0.3, -0.25) is 4.79 Å². The summed E-state index contributed by atoms with van der Waals surface area (Å²) in [5.41, 5.74) is -4.24. The van der Waals surface area contributed by atoms with Crippen LogP contribution in [-0.4, -0.2) is 75.3 Å². The Morgan fingerprint density at radius 2 is 1.81 bits per heavy atom. The molecule has 0 spiro atoms. The number of aliphatic hydroxyl groups is 3. The summed E-state index contributed by atoms with van der Waals surface area (Å²) in [6.07, 6.45) is -1.23. The largest absolute Gasteiger partial charge is 0.456 e. The van der Waals surface area contributed by atoms with E-state index in [1.165, 1.54) is 13.0 Å². The van der Waals surface area contributed by atoms with Gasteiger partial charge in [-0.15, -0.1) is 0 Å². The van der Waals surface area contributed by atoms with Gasteiger partial charge in [-0.25, -0.2) is 4.79 Å². The van der Waals surface area contributed by atoms with Crippen LogP contribution in [0.3, 0.4) is 0 Å². The molecule has 9 nitrogen and oxygen atoms in total. The molecule has 10 atom stereocenters. The van der Waals surface area contributed by atoms with Crippen molar-refractivity contribution >= 4 is 11.9 Å². The number of carbonyl (C=O) groups excluding carboxylic acids is 2. The summed E-state index contributed by atoms with van der Waals surface area (Å²) in [4.78, 5) is 26.5. The molecule has 0 aromatic heterocycles. The molecule has 42 heavy (non-hydrogen) atoms. The van der Waals surface area contributed by atoms with E-state index in [-0.39, 0.29) is 18.4 Å². The first kappa shape index (κ1) is 30.6. The van der Waals surface area contributed by atoms with Crippen molar-refractivity contribution in [2.24, 2.45) is 16.7 Å². The first-order valence-corrected chi connectivity index (χ1v) is 14.6. The van der Waals surface area contributed by atoms with E-state index in [0.29, 0.717) is 11.1 Å². The monoisotopic (exact) mass is 582 g/mol. The third-order valence-corrected chi connectivity index (χ3v) is 10.3. The molecular formula is C33H42O9. The van der Waals surface area contributed by atoms with E-state index >= 15 is 0 Å². The predicted molar refractivity (Wildman–Crippen MR) is 153 cm³/mol. The summed E-state index contributed by atoms with van der Waals surface area (Å²) in [6.45, 7) is 14.3. The van der Waals surface area contributed by atoms with Gasteiger partial charge in [-0.2, -0.15) is 0 Å². The van der Waals surface area contributed by atoms with Gasteiger partial charge in [0.25, 0.3) is 0 Å². The summed E-state index contributed by atoms with van der Waals surface area (Å²) < 4.78 is 25.3. The van der Waals surface area contributed by atoms with E-state index < -0.39 is 76.7 Å². The molecule has 1 heterocycles. The number of rotatable bonds is 5. The van der Waals surface area contributed by atoms with Gasteiger partial charge in [0, 0.05) is 24.2 Å². The second-order valence-corrected chi connectivity index (χ2v) is 12.8. The highest BCUT2D eigenvalue weighted by Crippen LogP contribution is 2.64. The van der Waals surface area contributed by atoms with E-state index in [1.54, 1.807) is 49.4 Å². The quantitative estimate of drug-likeness (QED) is 0.352. The lowest BCUT2D eigenvalue weighted by Crippen LogP contribution is -2.74. The van der Waals surface area contributed by atoms with Crippen LogP contribution in [0.15, 0.2) is 66.3 Å². The Morgan fingerprint density at radius 1 is 1.14 bits per heavy atom. The Balaban J connectivity index is 1.85. The first-order chi connectivity index (χ1) is 19.7. The Kier molecular flexibility index (Phi) is 7.60. The van der Waals surface area contributed by atoms with E-state index in [2.05, 4.69) is 6.58 Å². The molecule has 3 aliphatic carbocycles. The Bertz CT molecular complexity index is 1320. The molecule has 0 amide bonds. The molecule has 1 saturated carbocycles. The average Bonchev–Trinajstić information content (AvgIpc) is 3.37. The maximum atomic E-state index is 13.8. The average molecular weight is 583 g/mol. The summed E-state index contributed by atoms with van der Waals surface area (Å²) >= 11 is 0. The van der Waals surface area contributed by atoms with Gasteiger partial charge in [0.05, 0.1) is 17.6 Å². The van der Waals surface area contributed by atoms with Crippen LogP contribution >= 0.6 is 0 Å². The maximum absolute atomic E-state index is 13.8. The third kappa shape index (κ3) is 4.24. The van der Waals surface area contributed by atoms with E-state index in [1.807, 2.05) is 27.7 Å². The molecule has 9 heteroatoms. The van der Waals surface area contributed by atoms with Crippen LogP contribution in [-0.2, 0) is 23.7 Å². The van der Waals surface area contributed by atoms with Crippen LogP contribution in [0, 0.1) is 16.7 Å². The highest BCUT2D eigenvalue weighted by molar-refractivity contribution is 5.89. The standard InChI is InChI=1S/C33H42O9/c1-8-23-39-25-24-18(3)21(35)17-33(38,30(24,5)6)28(41-29(37)20-13-11-10-12-14-20)26-31(7,27(25)40-23)16-15-22(36)32(26,9-2)42-19(4)34/h8,10-16,21-23,25-28,35-36,38H,1,9,17H2,2-7H3/t21-,22+,23+,25+,26-,27+,28-,31+,32-,33+/m0/s1. The number of fused-ring (bicyclic) bond motifs is 6. The number of hydrogen-bond donors (Lipinski definition) is 3. The fraction of sp³-hybridized carbons (Fsp3) is 0.576. The van der Waals surface area contributed by atoms with Crippen LogP contribution < -0.4 is 0 Å². The second-order valence-electron chi connectivity index (χ2n) is 12.8. The molecule has 2 fully saturated rings. The van der Waals surface area contributed by atoms with Gasteiger partial charge in [0.2, 0.25) is 0 Å². The number of carbonyl (C=O) groups is 2. The van der Waals surface area contributed by atoms with Crippen LogP contribution in [0.5, 0.6) is 0 Å². The molecule has 4 aliphatic rings. The highest BCUT2D eigenvalue weighted by Gasteiger charge is 2.73. The zero-order valence-electron chi connectivity index (χ0n) is 25.1. The summed E-state index contributed by atoms with van der Waals surface area (Å²) in [6, 6.07) is 8.41. The zero-order chi connectivity index (χ0) is 30.8. The van der Waals surface area contributed by atoms with Gasteiger partial charge in [-0.05, 0) is 42.7 Å². The van der Waals surface area contributed by atoms with Gasteiger partial charge in [-0.1, -0.05) is 64.6 Å². The number of benzene rings is 1. The number of ether oxygens (including phenoxy) is 4. The molecular weight excluding hydrogens is 540 g/mol. The van der Waals surface area contributed by atoms with Crippen LogP contribution in [0.2, 0.25) is 0 Å². The van der Waals surface area contributed by atoms with Crippen molar-refractivity contribution in [3.05, 3.63) is 71.8 Å². The Labute approximate surface area is 246 Å². The minimum absolute atomic E-state index is 0.127. The minimum Gasteiger partial charge on any atom is -0.456 e. The fourth-order valence-electron chi connectivity index (χ4n) is 8.15. The smallest absolute Gasteiger partial charge is 0.338 e. The third-order valence-electron chi connectivity index (χ3n) is 10.3. The second kappa shape index (κ2) is 10.4. The fourth-order valence-corrected chi connectivity index (χ4v) is 8.15. The van der Waals surface area contributed by atoms with Gasteiger partial charge < -0.3 is 34.3 Å². The molecule has 5 rings (SSSR count). The number of aliphatic hydroxyl groups excluding tert-OH is 2. The molecule has 228 valence electrons. The van der Waals surface area contributed by atoms with Crippen molar-refractivity contribution in [1.82, 2.24) is 0 Å². The molecule has 1 aromatic rings. The lowest BCUT2D eigenvalue weighted by atomic mass is 9.46. The molecule has 0 radical (unpaired) electrons. The highest BCUT2D eigenvalue weighted by atomic mass is 16.7. The summed E-state index contributed by atoms with van der Waals surface area (Å²) in [5, 5.41) is 36.0. The van der Waals surface area contributed by atoms with Crippen molar-refractivity contribution in [3.8, 4) is 0 Å². The molecule has 2 bridgehead atoms. The maximum Gasteiger partial charge on any atom is 0.338 e. The lowest BCUT2D eigenvalue weighted by Gasteiger charge is -2.64. The zero-order valence-corrected chi connectivity index (χ0v) is 25.1. The molecule has 1 aliphatic heterocycles. The SMILES string of the molecule is C=C[C@@H]1O[C@@H]2C3=C(C)[C@@H](O)C[C@@](O)([C@@H](OC(=O)c4ccccc4)[C@H]4[C@@](C)(C=C[C@@H](O)[C@]4(CC)OC(C)=O)[C@@H]2O1)C3(C)C. The van der Waals surface area contributed by atoms with Crippen molar-refractivity contribution in [2.45, 2.75) is 102 Å². The molecule has 1 aromatic carbocycles. The van der Waals surface area contributed by atoms with Crippen molar-refractivity contribution in [1.29, 1.82) is 0 Å². The first-order valence-electron chi connectivity index (χ1n) is 14.6. The summed E-state index contributed by atoms with van der Waals surface area (Å²) in [7, 11) is 0. The lowest BCUT2D eigenvalue weighted by molar-refractivity contribution is -0.262. The van der Waals surface area contributed by atoms with Crippen LogP contribution in [0.1, 0.15) is 64.7 Å². The van der Waals surface area contributed by atoms with E-state index in [9.17, 15) is 24.9 Å². The predicted octanol–water partition coefficient (Wildman–Crippen LogP) is 3.63. The molecule has 3 N–H and O–H groups in total. The van der Waals surface area contributed by atoms with E-state index in [0.717, 1.165) is 0 Å². The number of hydrogen-bond acceptors (Lipinski definition) is 9. The Morgan fingerprint density at radius 3 is 2.40 bits per heavy atom. The van der Waals surface area contributed by atoms with Crippen LogP contribution in [0.4, 0.5) is 0 Å². The van der Waals surface area contributed by atoms with Gasteiger partial charge >= 0.3 is 11.9 Å². The van der Waals surface area contributed by atoms with Crippen molar-refractivity contribution < 1.29 is 43.9 Å². The molecule has 1 saturated heterocycles. The van der Waals surface area contributed by atoms with E-state index in [4.69, 9.17) is 18.9 Å². The number of esters is 2. The summed E-state index contributed by atoms with van der Waals surface area (Å²) in [5.74, 6) is -2.38. The minimum atomic E-state index is -1.90. The van der Waals surface area contributed by atoms with Crippen molar-refractivity contribution in [3.63, 3.8) is 0 Å². The van der Waals surface area contributed by atoms with Gasteiger partial charge in [0.1, 0.15) is 35.6 Å². The topological polar surface area (TPSA) is 132 Å². The van der Waals surface area contributed by atoms with Crippen LogP contribution in [0.25, 0.3) is 0 Å². The normalized spacial score (nSPS) is 42.1. The van der Waals surface area contributed by atoms with Crippen molar-refractivity contribution in [2.75, 3.05) is 0 Å². The van der Waals surface area contributed by atoms with Gasteiger partial charge in [0.15, 0.2) is 6.29 Å².